The maximum atomic E-state index is 5.94. The van der Waals surface area contributed by atoms with Crippen molar-refractivity contribution in [1.29, 1.82) is 0 Å². The first kappa shape index (κ1) is 12.3. The molecular weight excluding hydrogens is 237 g/mol. The van der Waals surface area contributed by atoms with Crippen LogP contribution in [0.2, 0.25) is 6.82 Å². The molecule has 0 radical (unpaired) electrons. The molecule has 0 fully saturated rings. The SMILES string of the molecule is CB1OCc2ccc(Oc3ccccc3CN)cc21. The van der Waals surface area contributed by atoms with Gasteiger partial charge >= 0.3 is 6.92 Å². The Morgan fingerprint density at radius 3 is 2.95 bits per heavy atom. The molecule has 0 atom stereocenters. The Kier molecular flexibility index (Phi) is 3.28. The van der Waals surface area contributed by atoms with Crippen molar-refractivity contribution < 1.29 is 9.39 Å². The zero-order chi connectivity index (χ0) is 13.2. The van der Waals surface area contributed by atoms with Gasteiger partial charge in [-0.15, -0.1) is 0 Å². The largest absolute Gasteiger partial charge is 0.457 e. The number of rotatable bonds is 3. The molecule has 1 heterocycles. The first-order valence-corrected chi connectivity index (χ1v) is 6.48. The number of fused-ring (bicyclic) bond motifs is 1. The van der Waals surface area contributed by atoms with E-state index in [9.17, 15) is 0 Å². The summed E-state index contributed by atoms with van der Waals surface area (Å²) in [5.74, 6) is 1.65. The second kappa shape index (κ2) is 5.07. The van der Waals surface area contributed by atoms with Gasteiger partial charge in [-0.3, -0.25) is 0 Å². The van der Waals surface area contributed by atoms with Crippen LogP contribution in [0.4, 0.5) is 0 Å². The van der Waals surface area contributed by atoms with Crippen LogP contribution < -0.4 is 15.9 Å². The van der Waals surface area contributed by atoms with Crippen LogP contribution in [0.15, 0.2) is 42.5 Å². The van der Waals surface area contributed by atoms with Gasteiger partial charge in [-0.2, -0.15) is 0 Å². The lowest BCUT2D eigenvalue weighted by molar-refractivity contribution is 0.333. The van der Waals surface area contributed by atoms with E-state index in [4.69, 9.17) is 15.1 Å². The number of hydrogen-bond acceptors (Lipinski definition) is 3. The number of nitrogens with two attached hydrogens (primary N) is 1. The maximum absolute atomic E-state index is 5.94. The highest BCUT2D eigenvalue weighted by atomic mass is 16.5. The van der Waals surface area contributed by atoms with Crippen molar-refractivity contribution in [3.63, 3.8) is 0 Å². The number of benzene rings is 2. The molecular formula is C15H16BNO2. The average Bonchev–Trinajstić information content (AvgIpc) is 2.81. The molecule has 0 saturated heterocycles. The summed E-state index contributed by atoms with van der Waals surface area (Å²) in [6.45, 7) is 3.36. The predicted octanol–water partition coefficient (Wildman–Crippen LogP) is 2.30. The average molecular weight is 253 g/mol. The van der Waals surface area contributed by atoms with Crippen LogP contribution in [0.5, 0.6) is 11.5 Å². The van der Waals surface area contributed by atoms with Gasteiger partial charge in [0.15, 0.2) is 0 Å². The Morgan fingerprint density at radius 1 is 1.26 bits per heavy atom. The molecule has 3 nitrogen and oxygen atoms in total. The van der Waals surface area contributed by atoms with Crippen molar-refractivity contribution in [2.45, 2.75) is 20.0 Å². The highest BCUT2D eigenvalue weighted by Crippen LogP contribution is 2.26. The van der Waals surface area contributed by atoms with Crippen LogP contribution in [-0.4, -0.2) is 6.92 Å². The monoisotopic (exact) mass is 253 g/mol. The molecule has 3 rings (SSSR count). The molecule has 0 saturated carbocycles. The van der Waals surface area contributed by atoms with Crippen LogP contribution in [0, 0.1) is 0 Å². The van der Waals surface area contributed by atoms with E-state index in [1.54, 1.807) is 0 Å². The van der Waals surface area contributed by atoms with Crippen molar-refractivity contribution in [3.05, 3.63) is 53.6 Å². The Bertz CT molecular complexity index is 600. The topological polar surface area (TPSA) is 44.5 Å². The van der Waals surface area contributed by atoms with Gasteiger partial charge in [0.05, 0.1) is 6.61 Å². The normalized spacial score (nSPS) is 13.5. The molecule has 1 aliphatic heterocycles. The summed E-state index contributed by atoms with van der Waals surface area (Å²) in [5.41, 5.74) is 9.18. The van der Waals surface area contributed by atoms with E-state index in [1.165, 1.54) is 11.0 Å². The van der Waals surface area contributed by atoms with E-state index in [0.717, 1.165) is 17.1 Å². The Balaban J connectivity index is 1.90. The molecule has 0 bridgehead atoms. The summed E-state index contributed by atoms with van der Waals surface area (Å²) in [4.78, 5) is 0. The van der Waals surface area contributed by atoms with E-state index in [-0.39, 0.29) is 6.92 Å². The first-order valence-electron chi connectivity index (χ1n) is 6.48. The summed E-state index contributed by atoms with van der Waals surface area (Å²) in [6, 6.07) is 13.9. The standard InChI is InChI=1S/C15H16BNO2/c1-16-14-8-13(7-6-12(14)10-18-16)19-15-5-3-2-4-11(15)9-17/h2-8H,9-10,17H2,1H3. The summed E-state index contributed by atoms with van der Waals surface area (Å²) in [6.07, 6.45) is 0. The Morgan fingerprint density at radius 2 is 2.11 bits per heavy atom. The van der Waals surface area contributed by atoms with Gasteiger partial charge in [0.1, 0.15) is 11.5 Å². The minimum Gasteiger partial charge on any atom is -0.457 e. The summed E-state index contributed by atoms with van der Waals surface area (Å²) in [7, 11) is 0. The minimum absolute atomic E-state index is 0.142. The molecule has 19 heavy (non-hydrogen) atoms. The molecule has 2 aromatic carbocycles. The van der Waals surface area contributed by atoms with Gasteiger partial charge in [-0.25, -0.2) is 0 Å². The van der Waals surface area contributed by atoms with Gasteiger partial charge < -0.3 is 15.1 Å². The number of ether oxygens (including phenoxy) is 1. The van der Waals surface area contributed by atoms with E-state index >= 15 is 0 Å². The van der Waals surface area contributed by atoms with Crippen molar-refractivity contribution in [2.24, 2.45) is 5.73 Å². The van der Waals surface area contributed by atoms with Crippen molar-refractivity contribution >= 4 is 12.4 Å². The first-order chi connectivity index (χ1) is 9.28. The van der Waals surface area contributed by atoms with Crippen LogP contribution in [-0.2, 0) is 17.8 Å². The summed E-state index contributed by atoms with van der Waals surface area (Å²) >= 11 is 0. The fourth-order valence-electron chi connectivity index (χ4n) is 2.35. The molecule has 96 valence electrons. The van der Waals surface area contributed by atoms with Crippen LogP contribution >= 0.6 is 0 Å². The highest BCUT2D eigenvalue weighted by Gasteiger charge is 2.23. The van der Waals surface area contributed by atoms with Crippen molar-refractivity contribution in [1.82, 2.24) is 0 Å². The Labute approximate surface area is 113 Å². The predicted molar refractivity (Wildman–Crippen MR) is 76.9 cm³/mol. The molecule has 1 aliphatic rings. The molecule has 2 N–H and O–H groups in total. The van der Waals surface area contributed by atoms with Crippen molar-refractivity contribution in [3.8, 4) is 11.5 Å². The van der Waals surface area contributed by atoms with Gasteiger partial charge in [-0.1, -0.05) is 31.1 Å². The molecule has 0 aromatic heterocycles. The van der Waals surface area contributed by atoms with Crippen LogP contribution in [0.25, 0.3) is 0 Å². The molecule has 2 aromatic rings. The lowest BCUT2D eigenvalue weighted by Gasteiger charge is -2.11. The van der Waals surface area contributed by atoms with Gasteiger partial charge in [0, 0.05) is 12.1 Å². The lowest BCUT2D eigenvalue weighted by Crippen LogP contribution is -2.24. The smallest absolute Gasteiger partial charge is 0.324 e. The fraction of sp³-hybridized carbons (Fsp3) is 0.200. The second-order valence-electron chi connectivity index (χ2n) is 4.73. The van der Waals surface area contributed by atoms with Crippen molar-refractivity contribution in [2.75, 3.05) is 0 Å². The number of hydrogen-bond donors (Lipinski definition) is 1. The second-order valence-corrected chi connectivity index (χ2v) is 4.73. The van der Waals surface area contributed by atoms with E-state index in [1.807, 2.05) is 30.3 Å². The molecule has 4 heteroatoms. The molecule has 0 aliphatic carbocycles. The third-order valence-corrected chi connectivity index (χ3v) is 3.46. The minimum atomic E-state index is 0.142. The maximum Gasteiger partial charge on any atom is 0.324 e. The quantitative estimate of drug-likeness (QED) is 0.853. The lowest BCUT2D eigenvalue weighted by atomic mass is 9.64. The Hall–Kier alpha value is -1.78. The molecule has 0 spiro atoms. The van der Waals surface area contributed by atoms with E-state index in [2.05, 4.69) is 19.0 Å². The summed E-state index contributed by atoms with van der Waals surface area (Å²) in [5, 5.41) is 0. The molecule has 0 amide bonds. The number of para-hydroxylation sites is 1. The summed E-state index contributed by atoms with van der Waals surface area (Å²) < 4.78 is 11.5. The highest BCUT2D eigenvalue weighted by molar-refractivity contribution is 6.67. The molecule has 0 unspecified atom stereocenters. The fourth-order valence-corrected chi connectivity index (χ4v) is 2.35. The van der Waals surface area contributed by atoms with Gasteiger partial charge in [-0.05, 0) is 29.2 Å². The van der Waals surface area contributed by atoms with Crippen LogP contribution in [0.3, 0.4) is 0 Å². The van der Waals surface area contributed by atoms with Gasteiger partial charge in [0.25, 0.3) is 0 Å². The third-order valence-electron chi connectivity index (χ3n) is 3.46. The zero-order valence-corrected chi connectivity index (χ0v) is 10.9. The zero-order valence-electron chi connectivity index (χ0n) is 10.9. The van der Waals surface area contributed by atoms with E-state index < -0.39 is 0 Å². The van der Waals surface area contributed by atoms with Crippen LogP contribution in [0.1, 0.15) is 11.1 Å². The van der Waals surface area contributed by atoms with Gasteiger partial charge in [0.2, 0.25) is 0 Å². The third kappa shape index (κ3) is 2.37. The van der Waals surface area contributed by atoms with E-state index in [0.29, 0.717) is 13.2 Å².